The number of aryl methyl sites for hydroxylation is 1. The molecule has 24 heavy (non-hydrogen) atoms. The Labute approximate surface area is 139 Å². The molecule has 3 rings (SSSR count). The fourth-order valence-corrected chi connectivity index (χ4v) is 2.39. The van der Waals surface area contributed by atoms with E-state index >= 15 is 0 Å². The molecule has 1 N–H and O–H groups in total. The highest BCUT2D eigenvalue weighted by atomic mass is 16.1. The van der Waals surface area contributed by atoms with Gasteiger partial charge in [-0.25, -0.2) is 0 Å². The molecule has 0 aliphatic carbocycles. The third-order valence-electron chi connectivity index (χ3n) is 3.66. The molecule has 0 atom stereocenters. The maximum atomic E-state index is 12.3. The van der Waals surface area contributed by atoms with Crippen molar-refractivity contribution in [3.8, 4) is 0 Å². The first kappa shape index (κ1) is 15.7. The van der Waals surface area contributed by atoms with Gasteiger partial charge in [-0.1, -0.05) is 30.3 Å². The smallest absolute Gasteiger partial charge is 0.258 e. The number of amides is 1. The molecule has 6 heteroatoms. The zero-order chi connectivity index (χ0) is 16.9. The van der Waals surface area contributed by atoms with E-state index in [2.05, 4.69) is 10.4 Å². The van der Waals surface area contributed by atoms with Crippen molar-refractivity contribution in [2.75, 3.05) is 5.32 Å². The summed E-state index contributed by atoms with van der Waals surface area (Å²) in [6.07, 6.45) is 4.88. The van der Waals surface area contributed by atoms with Crippen molar-refractivity contribution in [1.29, 1.82) is 0 Å². The SMILES string of the molecule is CCn1cc(NC(=O)c2cnn(Cc3ccccc3)c2)ccc1=O. The van der Waals surface area contributed by atoms with Crippen molar-refractivity contribution in [3.63, 3.8) is 0 Å². The Hall–Kier alpha value is -3.15. The van der Waals surface area contributed by atoms with E-state index in [-0.39, 0.29) is 11.5 Å². The summed E-state index contributed by atoms with van der Waals surface area (Å²) in [7, 11) is 0. The maximum Gasteiger partial charge on any atom is 0.258 e. The number of benzene rings is 1. The summed E-state index contributed by atoms with van der Waals surface area (Å²) in [6, 6.07) is 13.0. The number of carbonyl (C=O) groups excluding carboxylic acids is 1. The molecule has 0 saturated heterocycles. The van der Waals surface area contributed by atoms with Crippen LogP contribution in [0.5, 0.6) is 0 Å². The topological polar surface area (TPSA) is 68.9 Å². The standard InChI is InChI=1S/C18H18N4O2/c1-2-21-13-16(8-9-17(21)23)20-18(24)15-10-19-22(12-15)11-14-6-4-3-5-7-14/h3-10,12-13H,2,11H2,1H3,(H,20,24). The molecule has 0 spiro atoms. The van der Waals surface area contributed by atoms with Crippen LogP contribution in [0.2, 0.25) is 0 Å². The zero-order valence-corrected chi connectivity index (χ0v) is 13.3. The normalized spacial score (nSPS) is 10.5. The second-order valence-electron chi connectivity index (χ2n) is 5.41. The van der Waals surface area contributed by atoms with Crippen LogP contribution < -0.4 is 10.9 Å². The van der Waals surface area contributed by atoms with Gasteiger partial charge in [0.1, 0.15) is 0 Å². The van der Waals surface area contributed by atoms with Crippen molar-refractivity contribution in [3.05, 3.63) is 82.5 Å². The lowest BCUT2D eigenvalue weighted by Crippen LogP contribution is -2.19. The molecule has 0 aliphatic heterocycles. The van der Waals surface area contributed by atoms with Crippen LogP contribution in [0.3, 0.4) is 0 Å². The second kappa shape index (κ2) is 6.95. The molecular weight excluding hydrogens is 304 g/mol. The van der Waals surface area contributed by atoms with E-state index in [4.69, 9.17) is 0 Å². The molecule has 0 saturated carbocycles. The number of rotatable bonds is 5. The van der Waals surface area contributed by atoms with E-state index in [1.54, 1.807) is 23.1 Å². The van der Waals surface area contributed by atoms with E-state index in [9.17, 15) is 9.59 Å². The van der Waals surface area contributed by atoms with Crippen LogP contribution in [0.25, 0.3) is 0 Å². The Morgan fingerprint density at radius 3 is 2.67 bits per heavy atom. The van der Waals surface area contributed by atoms with E-state index in [1.807, 2.05) is 37.3 Å². The van der Waals surface area contributed by atoms with Crippen LogP contribution in [0, 0.1) is 0 Å². The fraction of sp³-hybridized carbons (Fsp3) is 0.167. The van der Waals surface area contributed by atoms with Gasteiger partial charge >= 0.3 is 0 Å². The summed E-state index contributed by atoms with van der Waals surface area (Å²) in [4.78, 5) is 23.9. The van der Waals surface area contributed by atoms with E-state index in [1.165, 1.54) is 16.8 Å². The number of hydrogen-bond acceptors (Lipinski definition) is 3. The lowest BCUT2D eigenvalue weighted by atomic mass is 10.2. The monoisotopic (exact) mass is 322 g/mol. The van der Waals surface area contributed by atoms with Crippen molar-refractivity contribution < 1.29 is 4.79 Å². The highest BCUT2D eigenvalue weighted by molar-refractivity contribution is 6.03. The molecule has 1 aromatic carbocycles. The number of nitrogens with zero attached hydrogens (tertiary/aromatic N) is 3. The van der Waals surface area contributed by atoms with Gasteiger partial charge in [0, 0.05) is 25.0 Å². The lowest BCUT2D eigenvalue weighted by Gasteiger charge is -2.06. The van der Waals surface area contributed by atoms with Crippen molar-refractivity contribution in [2.45, 2.75) is 20.0 Å². The number of aromatic nitrogens is 3. The molecule has 3 aromatic rings. The predicted molar refractivity (Wildman–Crippen MR) is 92.1 cm³/mol. The van der Waals surface area contributed by atoms with Crippen molar-refractivity contribution in [2.24, 2.45) is 0 Å². The Bertz CT molecular complexity index is 897. The van der Waals surface area contributed by atoms with Crippen LogP contribution in [0.1, 0.15) is 22.8 Å². The van der Waals surface area contributed by atoms with Gasteiger partial charge in [-0.05, 0) is 18.6 Å². The molecule has 2 heterocycles. The second-order valence-corrected chi connectivity index (χ2v) is 5.41. The van der Waals surface area contributed by atoms with Gasteiger partial charge in [-0.15, -0.1) is 0 Å². The molecule has 0 fully saturated rings. The number of anilines is 1. The molecule has 0 aliphatic rings. The molecule has 0 unspecified atom stereocenters. The third kappa shape index (κ3) is 3.60. The molecular formula is C18H18N4O2. The average molecular weight is 322 g/mol. The van der Waals surface area contributed by atoms with Crippen LogP contribution in [-0.4, -0.2) is 20.3 Å². The summed E-state index contributed by atoms with van der Waals surface area (Å²) >= 11 is 0. The largest absolute Gasteiger partial charge is 0.321 e. The van der Waals surface area contributed by atoms with Gasteiger partial charge in [-0.3, -0.25) is 14.3 Å². The van der Waals surface area contributed by atoms with Crippen molar-refractivity contribution in [1.82, 2.24) is 14.3 Å². The van der Waals surface area contributed by atoms with E-state index in [0.717, 1.165) is 5.56 Å². The first-order valence-electron chi connectivity index (χ1n) is 7.74. The number of carbonyl (C=O) groups is 1. The molecule has 6 nitrogen and oxygen atoms in total. The minimum atomic E-state index is -0.254. The third-order valence-corrected chi connectivity index (χ3v) is 3.66. The summed E-state index contributed by atoms with van der Waals surface area (Å²) in [5.74, 6) is -0.254. The highest BCUT2D eigenvalue weighted by Gasteiger charge is 2.10. The Morgan fingerprint density at radius 1 is 1.12 bits per heavy atom. The van der Waals surface area contributed by atoms with Gasteiger partial charge in [0.15, 0.2) is 0 Å². The Kier molecular flexibility index (Phi) is 4.56. The summed E-state index contributed by atoms with van der Waals surface area (Å²) in [5.41, 5.74) is 2.08. The molecule has 1 amide bonds. The number of hydrogen-bond donors (Lipinski definition) is 1. The van der Waals surface area contributed by atoms with Gasteiger partial charge in [-0.2, -0.15) is 5.10 Å². The van der Waals surface area contributed by atoms with Crippen molar-refractivity contribution >= 4 is 11.6 Å². The van der Waals surface area contributed by atoms with Crippen LogP contribution >= 0.6 is 0 Å². The quantitative estimate of drug-likeness (QED) is 0.784. The number of nitrogens with one attached hydrogen (secondary N) is 1. The van der Waals surface area contributed by atoms with Crippen LogP contribution in [-0.2, 0) is 13.1 Å². The fourth-order valence-electron chi connectivity index (χ4n) is 2.39. The van der Waals surface area contributed by atoms with Gasteiger partial charge in [0.25, 0.3) is 11.5 Å². The Morgan fingerprint density at radius 2 is 1.92 bits per heavy atom. The highest BCUT2D eigenvalue weighted by Crippen LogP contribution is 2.08. The molecule has 0 bridgehead atoms. The lowest BCUT2D eigenvalue weighted by molar-refractivity contribution is 0.102. The van der Waals surface area contributed by atoms with Crippen LogP contribution in [0.15, 0.2) is 65.8 Å². The summed E-state index contributed by atoms with van der Waals surface area (Å²) in [6.45, 7) is 3.03. The van der Waals surface area contributed by atoms with E-state index in [0.29, 0.717) is 24.3 Å². The maximum absolute atomic E-state index is 12.3. The minimum absolute atomic E-state index is 0.0915. The summed E-state index contributed by atoms with van der Waals surface area (Å²) in [5, 5.41) is 7.01. The predicted octanol–water partition coefficient (Wildman–Crippen LogP) is 2.37. The van der Waals surface area contributed by atoms with Gasteiger partial charge < -0.3 is 9.88 Å². The van der Waals surface area contributed by atoms with Gasteiger partial charge in [0.05, 0.1) is 24.0 Å². The zero-order valence-electron chi connectivity index (χ0n) is 13.3. The molecule has 0 radical (unpaired) electrons. The van der Waals surface area contributed by atoms with Crippen LogP contribution in [0.4, 0.5) is 5.69 Å². The first-order chi connectivity index (χ1) is 11.7. The number of pyridine rings is 1. The van der Waals surface area contributed by atoms with Gasteiger partial charge in [0.2, 0.25) is 0 Å². The first-order valence-corrected chi connectivity index (χ1v) is 7.74. The van der Waals surface area contributed by atoms with E-state index < -0.39 is 0 Å². The minimum Gasteiger partial charge on any atom is -0.321 e. The Balaban J connectivity index is 1.71. The average Bonchev–Trinajstić information content (AvgIpc) is 3.06. The molecule has 122 valence electrons. The summed E-state index contributed by atoms with van der Waals surface area (Å²) < 4.78 is 3.26. The molecule has 2 aromatic heterocycles.